The maximum absolute atomic E-state index is 12.6. The summed E-state index contributed by atoms with van der Waals surface area (Å²) in [6, 6.07) is 4.23. The van der Waals surface area contributed by atoms with Crippen LogP contribution in [-0.4, -0.2) is 43.0 Å². The normalized spacial score (nSPS) is 16.3. The Hall–Kier alpha value is -2.63. The van der Waals surface area contributed by atoms with Crippen LogP contribution in [0, 0.1) is 0 Å². The largest absolute Gasteiger partial charge is 0.491 e. The van der Waals surface area contributed by atoms with E-state index < -0.39 is 23.2 Å². The Kier molecular flexibility index (Phi) is 5.20. The highest BCUT2D eigenvalue weighted by Gasteiger charge is 2.30. The van der Waals surface area contributed by atoms with Crippen molar-refractivity contribution < 1.29 is 22.9 Å². The van der Waals surface area contributed by atoms with Crippen LogP contribution in [0.2, 0.25) is 0 Å². The van der Waals surface area contributed by atoms with E-state index in [9.17, 15) is 18.2 Å². The Bertz CT molecular complexity index is 1100. The second-order valence-corrected chi connectivity index (χ2v) is 8.67. The summed E-state index contributed by atoms with van der Waals surface area (Å²) in [5.74, 6) is 0. The number of sulfonamides is 1. The van der Waals surface area contributed by atoms with Crippen LogP contribution in [-0.2, 0) is 34.6 Å². The summed E-state index contributed by atoms with van der Waals surface area (Å²) in [7, 11) is -3.61. The average Bonchev–Trinajstić information content (AvgIpc) is 3.31. The Morgan fingerprint density at radius 3 is 2.86 bits per heavy atom. The minimum atomic E-state index is -4.10. The van der Waals surface area contributed by atoms with E-state index in [1.54, 1.807) is 7.05 Å². The summed E-state index contributed by atoms with van der Waals surface area (Å²) in [4.78, 5) is 12.6. The minimum absolute atomic E-state index is 0.243. The van der Waals surface area contributed by atoms with Crippen LogP contribution < -0.4 is 10.0 Å². The SMILES string of the molecule is Cn1ccc(S(=O)(=O)NC(=O)Nc2c(C3=CCCOB3O)ccc3c2CCC3)n1. The molecule has 0 fully saturated rings. The Labute approximate surface area is 169 Å². The second kappa shape index (κ2) is 7.66. The lowest BCUT2D eigenvalue weighted by atomic mass is 9.71. The molecule has 2 aliphatic rings. The first kappa shape index (κ1) is 19.7. The monoisotopic (exact) mass is 416 g/mol. The van der Waals surface area contributed by atoms with E-state index in [-0.39, 0.29) is 5.03 Å². The molecule has 152 valence electrons. The van der Waals surface area contributed by atoms with Crippen LogP contribution in [0.15, 0.2) is 35.5 Å². The number of anilines is 1. The molecular weight excluding hydrogens is 395 g/mol. The Balaban J connectivity index is 1.65. The smallest absolute Gasteiger partial charge is 0.423 e. The van der Waals surface area contributed by atoms with Gasteiger partial charge in [0.25, 0.3) is 10.0 Å². The predicted octanol–water partition coefficient (Wildman–Crippen LogP) is 1.24. The molecule has 0 atom stereocenters. The number of aryl methyl sites for hydroxylation is 2. The standard InChI is InChI=1S/C18H21BN4O5S/c1-23-10-9-16(21-23)29(26,27)22-18(24)20-17-13-5-2-4-12(13)7-8-14(17)15-6-3-11-28-19(15)25/h6-10,25H,2-5,11H2,1H3,(H2,20,22,24). The maximum atomic E-state index is 12.6. The van der Waals surface area contributed by atoms with Crippen molar-refractivity contribution in [3.8, 4) is 0 Å². The van der Waals surface area contributed by atoms with Crippen molar-refractivity contribution in [1.82, 2.24) is 14.5 Å². The fraction of sp³-hybridized carbons (Fsp3) is 0.333. The van der Waals surface area contributed by atoms with Crippen molar-refractivity contribution in [2.45, 2.75) is 30.7 Å². The summed E-state index contributed by atoms with van der Waals surface area (Å²) in [6.45, 7) is 0.418. The van der Waals surface area contributed by atoms with Crippen molar-refractivity contribution in [2.75, 3.05) is 11.9 Å². The number of amides is 2. The summed E-state index contributed by atoms with van der Waals surface area (Å²) in [6.07, 6.45) is 6.58. The molecule has 29 heavy (non-hydrogen) atoms. The third kappa shape index (κ3) is 3.93. The lowest BCUT2D eigenvalue weighted by Crippen LogP contribution is -2.35. The van der Waals surface area contributed by atoms with Gasteiger partial charge in [0.1, 0.15) is 0 Å². The van der Waals surface area contributed by atoms with Gasteiger partial charge in [0.15, 0.2) is 5.03 Å². The van der Waals surface area contributed by atoms with Crippen LogP contribution in [0.3, 0.4) is 0 Å². The second-order valence-electron chi connectivity index (χ2n) is 7.04. The van der Waals surface area contributed by atoms with Crippen molar-refractivity contribution >= 4 is 34.3 Å². The average molecular weight is 416 g/mol. The number of nitrogens with zero attached hydrogens (tertiary/aromatic N) is 2. The summed E-state index contributed by atoms with van der Waals surface area (Å²) in [5, 5.41) is 16.5. The summed E-state index contributed by atoms with van der Waals surface area (Å²) in [5.41, 5.74) is 3.75. The molecule has 1 aliphatic carbocycles. The van der Waals surface area contributed by atoms with Crippen molar-refractivity contribution in [2.24, 2.45) is 7.05 Å². The fourth-order valence-corrected chi connectivity index (χ4v) is 4.60. The van der Waals surface area contributed by atoms with Gasteiger partial charge >= 0.3 is 13.1 Å². The van der Waals surface area contributed by atoms with Crippen molar-refractivity contribution in [3.63, 3.8) is 0 Å². The molecule has 9 nitrogen and oxygen atoms in total. The van der Waals surface area contributed by atoms with Gasteiger partial charge in [-0.3, -0.25) is 4.68 Å². The van der Waals surface area contributed by atoms with Crippen LogP contribution in [0.4, 0.5) is 10.5 Å². The quantitative estimate of drug-likeness (QED) is 0.645. The van der Waals surface area contributed by atoms with Crippen LogP contribution >= 0.6 is 0 Å². The maximum Gasteiger partial charge on any atom is 0.491 e. The molecule has 0 spiro atoms. The lowest BCUT2D eigenvalue weighted by Gasteiger charge is -2.22. The molecule has 0 saturated carbocycles. The number of fused-ring (bicyclic) bond motifs is 1. The molecule has 0 bridgehead atoms. The highest BCUT2D eigenvalue weighted by atomic mass is 32.2. The number of urea groups is 1. The molecular formula is C18H21BN4O5S. The van der Waals surface area contributed by atoms with Gasteiger partial charge in [-0.2, -0.15) is 13.5 Å². The Morgan fingerprint density at radius 2 is 2.14 bits per heavy atom. The van der Waals surface area contributed by atoms with E-state index in [0.29, 0.717) is 29.8 Å². The topological polar surface area (TPSA) is 123 Å². The highest BCUT2D eigenvalue weighted by Crippen LogP contribution is 2.37. The molecule has 0 radical (unpaired) electrons. The molecule has 11 heteroatoms. The third-order valence-electron chi connectivity index (χ3n) is 5.05. The number of benzene rings is 1. The molecule has 0 unspecified atom stereocenters. The number of hydrogen-bond donors (Lipinski definition) is 3. The number of aromatic nitrogens is 2. The minimum Gasteiger partial charge on any atom is -0.423 e. The molecule has 1 aromatic heterocycles. The van der Waals surface area contributed by atoms with Crippen molar-refractivity contribution in [1.29, 1.82) is 0 Å². The first-order chi connectivity index (χ1) is 13.8. The molecule has 1 aromatic carbocycles. The molecule has 3 N–H and O–H groups in total. The van der Waals surface area contributed by atoms with E-state index in [4.69, 9.17) is 4.65 Å². The number of hydrogen-bond acceptors (Lipinski definition) is 6. The number of nitrogens with one attached hydrogen (secondary N) is 2. The lowest BCUT2D eigenvalue weighted by molar-refractivity contribution is 0.256. The number of carbonyl (C=O) groups is 1. The number of rotatable bonds is 4. The van der Waals surface area contributed by atoms with Crippen LogP contribution in [0.5, 0.6) is 0 Å². The zero-order valence-corrected chi connectivity index (χ0v) is 16.7. The van der Waals surface area contributed by atoms with Gasteiger partial charge in [-0.15, -0.1) is 0 Å². The van der Waals surface area contributed by atoms with E-state index in [2.05, 4.69) is 10.4 Å². The zero-order chi connectivity index (χ0) is 20.6. The molecule has 2 aromatic rings. The third-order valence-corrected chi connectivity index (χ3v) is 6.27. The van der Waals surface area contributed by atoms with E-state index in [1.807, 2.05) is 22.9 Å². The van der Waals surface area contributed by atoms with Gasteiger partial charge < -0.3 is 15.0 Å². The van der Waals surface area contributed by atoms with E-state index in [0.717, 1.165) is 30.4 Å². The number of carbonyl (C=O) groups excluding carboxylic acids is 1. The van der Waals surface area contributed by atoms with Crippen molar-refractivity contribution in [3.05, 3.63) is 47.2 Å². The first-order valence-corrected chi connectivity index (χ1v) is 10.8. The van der Waals surface area contributed by atoms with Gasteiger partial charge in [-0.1, -0.05) is 18.2 Å². The van der Waals surface area contributed by atoms with Gasteiger partial charge in [0, 0.05) is 19.9 Å². The van der Waals surface area contributed by atoms with Crippen LogP contribution in [0.1, 0.15) is 29.5 Å². The highest BCUT2D eigenvalue weighted by molar-refractivity contribution is 7.90. The Morgan fingerprint density at radius 1 is 1.31 bits per heavy atom. The first-order valence-electron chi connectivity index (χ1n) is 9.33. The summed E-state index contributed by atoms with van der Waals surface area (Å²) < 4.78 is 33.5. The van der Waals surface area contributed by atoms with Crippen LogP contribution in [0.25, 0.3) is 5.47 Å². The molecule has 2 amide bonds. The van der Waals surface area contributed by atoms with Gasteiger partial charge in [0.05, 0.1) is 5.69 Å². The molecule has 4 rings (SSSR count). The predicted molar refractivity (Wildman–Crippen MR) is 108 cm³/mol. The van der Waals surface area contributed by atoms with Gasteiger partial charge in [0.2, 0.25) is 0 Å². The molecule has 1 aliphatic heterocycles. The van der Waals surface area contributed by atoms with Gasteiger partial charge in [-0.25, -0.2) is 9.52 Å². The molecule has 2 heterocycles. The summed E-state index contributed by atoms with van der Waals surface area (Å²) >= 11 is 0. The zero-order valence-electron chi connectivity index (χ0n) is 15.9. The fourth-order valence-electron chi connectivity index (χ4n) is 3.73. The van der Waals surface area contributed by atoms with E-state index >= 15 is 0 Å². The van der Waals surface area contributed by atoms with Gasteiger partial charge in [-0.05, 0) is 53.9 Å². The molecule has 0 saturated heterocycles. The van der Waals surface area contributed by atoms with E-state index in [1.165, 1.54) is 16.9 Å².